The first-order valence-electron chi connectivity index (χ1n) is 7.12. The smallest absolute Gasteiger partial charge is 0.331 e. The fourth-order valence-corrected chi connectivity index (χ4v) is 2.47. The standard InChI is InChI=1S/C18H14ClNO3/c1-12(13-6-2-3-7-14(13)19)22-18(21)11-10-17-20-15-8-4-5-9-16(15)23-17/h2-12H,1H3/b11-10+/t12-/m0/s1. The number of rotatable bonds is 4. The molecule has 4 nitrogen and oxygen atoms in total. The number of aromatic nitrogens is 1. The zero-order chi connectivity index (χ0) is 16.2. The van der Waals surface area contributed by atoms with Gasteiger partial charge in [-0.05, 0) is 25.1 Å². The van der Waals surface area contributed by atoms with Crippen molar-refractivity contribution >= 4 is 34.7 Å². The Bertz CT molecular complexity index is 836. The maximum Gasteiger partial charge on any atom is 0.331 e. The molecule has 1 atom stereocenters. The molecule has 0 saturated heterocycles. The molecule has 0 saturated carbocycles. The summed E-state index contributed by atoms with van der Waals surface area (Å²) < 4.78 is 10.8. The first-order chi connectivity index (χ1) is 11.1. The third-order valence-electron chi connectivity index (χ3n) is 3.31. The first-order valence-corrected chi connectivity index (χ1v) is 7.50. The second kappa shape index (κ2) is 6.67. The lowest BCUT2D eigenvalue weighted by Gasteiger charge is -2.13. The van der Waals surface area contributed by atoms with E-state index < -0.39 is 12.1 Å². The molecule has 0 amide bonds. The largest absolute Gasteiger partial charge is 0.455 e. The van der Waals surface area contributed by atoms with E-state index in [1.807, 2.05) is 42.5 Å². The zero-order valence-electron chi connectivity index (χ0n) is 12.4. The molecule has 0 aliphatic heterocycles. The van der Waals surface area contributed by atoms with Crippen LogP contribution in [0.1, 0.15) is 24.5 Å². The average molecular weight is 328 g/mol. The molecule has 0 N–H and O–H groups in total. The summed E-state index contributed by atoms with van der Waals surface area (Å²) in [5.74, 6) is -0.131. The van der Waals surface area contributed by atoms with Gasteiger partial charge < -0.3 is 9.15 Å². The van der Waals surface area contributed by atoms with Crippen LogP contribution in [0.2, 0.25) is 5.02 Å². The highest BCUT2D eigenvalue weighted by Gasteiger charge is 2.12. The van der Waals surface area contributed by atoms with E-state index in [2.05, 4.69) is 4.98 Å². The number of carbonyl (C=O) groups excluding carboxylic acids is 1. The van der Waals surface area contributed by atoms with Gasteiger partial charge in [-0.25, -0.2) is 9.78 Å². The molecule has 0 aliphatic rings. The van der Waals surface area contributed by atoms with Gasteiger partial charge in [0.05, 0.1) is 0 Å². The maximum absolute atomic E-state index is 11.9. The summed E-state index contributed by atoms with van der Waals surface area (Å²) in [6.45, 7) is 1.77. The molecule has 116 valence electrons. The van der Waals surface area contributed by atoms with Crippen LogP contribution in [0.3, 0.4) is 0 Å². The Morgan fingerprint density at radius 2 is 1.96 bits per heavy atom. The summed E-state index contributed by atoms with van der Waals surface area (Å²) in [4.78, 5) is 16.2. The van der Waals surface area contributed by atoms with Crippen LogP contribution in [-0.4, -0.2) is 11.0 Å². The van der Waals surface area contributed by atoms with E-state index in [0.29, 0.717) is 16.5 Å². The van der Waals surface area contributed by atoms with Crippen molar-refractivity contribution in [3.63, 3.8) is 0 Å². The van der Waals surface area contributed by atoms with Gasteiger partial charge in [0, 0.05) is 22.7 Å². The summed E-state index contributed by atoms with van der Waals surface area (Å²) in [7, 11) is 0. The lowest BCUT2D eigenvalue weighted by atomic mass is 10.1. The highest BCUT2D eigenvalue weighted by Crippen LogP contribution is 2.25. The fourth-order valence-electron chi connectivity index (χ4n) is 2.18. The van der Waals surface area contributed by atoms with Crippen molar-refractivity contribution in [2.24, 2.45) is 0 Å². The predicted octanol–water partition coefficient (Wildman–Crippen LogP) is 4.80. The van der Waals surface area contributed by atoms with E-state index in [-0.39, 0.29) is 0 Å². The number of ether oxygens (including phenoxy) is 1. The SMILES string of the molecule is C[C@H](OC(=O)/C=C/c1nc2ccccc2o1)c1ccccc1Cl. The first kappa shape index (κ1) is 15.3. The highest BCUT2D eigenvalue weighted by molar-refractivity contribution is 6.31. The van der Waals surface area contributed by atoms with Crippen LogP contribution in [0.5, 0.6) is 0 Å². The van der Waals surface area contributed by atoms with E-state index in [0.717, 1.165) is 11.1 Å². The molecular formula is C18H14ClNO3. The van der Waals surface area contributed by atoms with E-state index in [4.69, 9.17) is 20.8 Å². The van der Waals surface area contributed by atoms with Crippen molar-refractivity contribution in [2.75, 3.05) is 0 Å². The van der Waals surface area contributed by atoms with Crippen LogP contribution in [0, 0.1) is 0 Å². The number of hydrogen-bond acceptors (Lipinski definition) is 4. The minimum absolute atomic E-state index is 0.355. The summed E-state index contributed by atoms with van der Waals surface area (Å²) in [6.07, 6.45) is 2.34. The van der Waals surface area contributed by atoms with Crippen LogP contribution < -0.4 is 0 Å². The van der Waals surface area contributed by atoms with Gasteiger partial charge in [0.2, 0.25) is 5.89 Å². The summed E-state index contributed by atoms with van der Waals surface area (Å²) in [5, 5.41) is 0.565. The molecule has 23 heavy (non-hydrogen) atoms. The lowest BCUT2D eigenvalue weighted by molar-refractivity contribution is -0.142. The second-order valence-corrected chi connectivity index (χ2v) is 5.36. The number of hydrogen-bond donors (Lipinski definition) is 0. The van der Waals surface area contributed by atoms with E-state index >= 15 is 0 Å². The Kier molecular flexibility index (Phi) is 4.44. The normalized spacial score (nSPS) is 12.6. The molecule has 0 bridgehead atoms. The molecule has 3 aromatic rings. The Labute approximate surface area is 138 Å². The summed E-state index contributed by atoms with van der Waals surface area (Å²) in [6, 6.07) is 14.7. The second-order valence-electron chi connectivity index (χ2n) is 4.95. The number of carbonyl (C=O) groups is 1. The van der Waals surface area contributed by atoms with Gasteiger partial charge in [0.15, 0.2) is 5.58 Å². The molecule has 0 radical (unpaired) electrons. The Morgan fingerprint density at radius 3 is 2.74 bits per heavy atom. The number of oxazole rings is 1. The molecule has 0 spiro atoms. The minimum Gasteiger partial charge on any atom is -0.455 e. The van der Waals surface area contributed by atoms with Crippen LogP contribution in [0.15, 0.2) is 59.0 Å². The van der Waals surface area contributed by atoms with Crippen molar-refractivity contribution < 1.29 is 13.9 Å². The van der Waals surface area contributed by atoms with Crippen LogP contribution in [0.25, 0.3) is 17.2 Å². The molecule has 3 rings (SSSR count). The van der Waals surface area contributed by atoms with E-state index in [9.17, 15) is 4.79 Å². The third kappa shape index (κ3) is 3.60. The number of benzene rings is 2. The van der Waals surface area contributed by atoms with Gasteiger partial charge in [-0.2, -0.15) is 0 Å². The highest BCUT2D eigenvalue weighted by atomic mass is 35.5. The van der Waals surface area contributed by atoms with Crippen LogP contribution in [0.4, 0.5) is 0 Å². The summed E-state index contributed by atoms with van der Waals surface area (Å²) in [5.41, 5.74) is 2.17. The Balaban J connectivity index is 1.68. The average Bonchev–Trinajstić information content (AvgIpc) is 2.96. The molecule has 0 unspecified atom stereocenters. The van der Waals surface area contributed by atoms with E-state index in [1.165, 1.54) is 12.2 Å². The Hall–Kier alpha value is -2.59. The fraction of sp³-hybridized carbons (Fsp3) is 0.111. The van der Waals surface area contributed by atoms with Crippen molar-refractivity contribution in [2.45, 2.75) is 13.0 Å². The number of halogens is 1. The number of nitrogens with zero attached hydrogens (tertiary/aromatic N) is 1. The summed E-state index contributed by atoms with van der Waals surface area (Å²) >= 11 is 6.09. The Morgan fingerprint density at radius 1 is 1.22 bits per heavy atom. The van der Waals surface area contributed by atoms with Gasteiger partial charge in [0.25, 0.3) is 0 Å². The van der Waals surface area contributed by atoms with Crippen molar-refractivity contribution in [1.82, 2.24) is 4.98 Å². The minimum atomic E-state index is -0.486. The molecular weight excluding hydrogens is 314 g/mol. The number of esters is 1. The number of para-hydroxylation sites is 2. The van der Waals surface area contributed by atoms with Crippen molar-refractivity contribution in [3.05, 3.63) is 71.1 Å². The molecule has 2 aromatic carbocycles. The van der Waals surface area contributed by atoms with Crippen LogP contribution >= 0.6 is 11.6 Å². The van der Waals surface area contributed by atoms with Gasteiger partial charge in [0.1, 0.15) is 11.6 Å². The molecule has 5 heteroatoms. The van der Waals surface area contributed by atoms with Crippen molar-refractivity contribution in [1.29, 1.82) is 0 Å². The topological polar surface area (TPSA) is 52.3 Å². The molecule has 0 fully saturated rings. The third-order valence-corrected chi connectivity index (χ3v) is 3.65. The lowest BCUT2D eigenvalue weighted by Crippen LogP contribution is -2.06. The molecule has 1 heterocycles. The maximum atomic E-state index is 11.9. The zero-order valence-corrected chi connectivity index (χ0v) is 13.2. The van der Waals surface area contributed by atoms with E-state index in [1.54, 1.807) is 13.0 Å². The monoisotopic (exact) mass is 327 g/mol. The van der Waals surface area contributed by atoms with Crippen molar-refractivity contribution in [3.8, 4) is 0 Å². The molecule has 0 aliphatic carbocycles. The molecule has 1 aromatic heterocycles. The predicted molar refractivity (Wildman–Crippen MR) is 89.0 cm³/mol. The van der Waals surface area contributed by atoms with Gasteiger partial charge >= 0.3 is 5.97 Å². The van der Waals surface area contributed by atoms with Gasteiger partial charge in [-0.1, -0.05) is 41.9 Å². The van der Waals surface area contributed by atoms with Gasteiger partial charge in [-0.15, -0.1) is 0 Å². The number of fused-ring (bicyclic) bond motifs is 1. The van der Waals surface area contributed by atoms with Gasteiger partial charge in [-0.3, -0.25) is 0 Å². The quantitative estimate of drug-likeness (QED) is 0.510. The van der Waals surface area contributed by atoms with Crippen LogP contribution in [-0.2, 0) is 9.53 Å².